The summed E-state index contributed by atoms with van der Waals surface area (Å²) >= 11 is 3.55. The normalized spacial score (nSPS) is 14.9. The molecule has 1 aliphatic rings. The maximum Gasteiger partial charge on any atom is 0.0904 e. The summed E-state index contributed by atoms with van der Waals surface area (Å²) < 4.78 is 3.39. The number of rotatable bonds is 0. The highest BCUT2D eigenvalue weighted by Gasteiger charge is 2.26. The molecule has 0 saturated carbocycles. The summed E-state index contributed by atoms with van der Waals surface area (Å²) in [6.07, 6.45) is 0. The van der Waals surface area contributed by atoms with Crippen molar-refractivity contribution in [3.05, 3.63) is 64.3 Å². The molecule has 3 heteroatoms. The van der Waals surface area contributed by atoms with Crippen molar-refractivity contribution in [3.63, 3.8) is 0 Å². The quantitative estimate of drug-likeness (QED) is 0.464. The number of nitrogens with zero attached hydrogens (tertiary/aromatic N) is 2. The van der Waals surface area contributed by atoms with Crippen LogP contribution in [0.4, 0.5) is 0 Å². The molecule has 0 N–H and O–H groups in total. The van der Waals surface area contributed by atoms with E-state index < -0.39 is 0 Å². The lowest BCUT2D eigenvalue weighted by molar-refractivity contribution is 1.14. The van der Waals surface area contributed by atoms with Crippen molar-refractivity contribution in [2.75, 3.05) is 7.05 Å². The molecular weight excluding hydrogens is 300 g/mol. The smallest absolute Gasteiger partial charge is 0.0904 e. The zero-order chi connectivity index (χ0) is 13.0. The summed E-state index contributed by atoms with van der Waals surface area (Å²) in [6.45, 7) is 0. The van der Waals surface area contributed by atoms with Crippen molar-refractivity contribution >= 4 is 32.5 Å². The van der Waals surface area contributed by atoms with Gasteiger partial charge in [-0.25, -0.2) is 0 Å². The molecule has 0 saturated heterocycles. The first-order valence-electron chi connectivity index (χ1n) is 6.17. The molecule has 0 unspecified atom stereocenters. The minimum atomic E-state index is 1.07. The number of fused-ring (bicyclic) bond motifs is 5. The Balaban J connectivity index is 2.19. The SMILES string of the molecule is CN=C1c2ccccc2-n2c1cc1ccc(Br)cc12. The first-order chi connectivity index (χ1) is 9.29. The summed E-state index contributed by atoms with van der Waals surface area (Å²) in [5.41, 5.74) is 5.89. The Hall–Kier alpha value is -1.87. The first-order valence-corrected chi connectivity index (χ1v) is 6.97. The maximum absolute atomic E-state index is 4.47. The van der Waals surface area contributed by atoms with Crippen LogP contribution in [0.5, 0.6) is 0 Å². The van der Waals surface area contributed by atoms with Crippen LogP contribution in [-0.4, -0.2) is 17.3 Å². The molecule has 1 aliphatic heterocycles. The standard InChI is InChI=1S/C16H11BrN2/c1-18-16-12-4-2-3-5-13(12)19-14-9-11(17)7-6-10(14)8-15(16)19/h2-9H,1H3. The molecule has 0 atom stereocenters. The molecule has 19 heavy (non-hydrogen) atoms. The predicted octanol–water partition coefficient (Wildman–Crippen LogP) is 4.17. The van der Waals surface area contributed by atoms with Crippen molar-refractivity contribution in [2.24, 2.45) is 4.99 Å². The second-order valence-electron chi connectivity index (χ2n) is 4.66. The Morgan fingerprint density at radius 1 is 1.05 bits per heavy atom. The topological polar surface area (TPSA) is 17.3 Å². The highest BCUT2D eigenvalue weighted by Crippen LogP contribution is 2.35. The van der Waals surface area contributed by atoms with Gasteiger partial charge in [-0.3, -0.25) is 4.99 Å². The number of aromatic nitrogens is 1. The molecule has 0 spiro atoms. The van der Waals surface area contributed by atoms with Gasteiger partial charge in [0.2, 0.25) is 0 Å². The molecule has 0 fully saturated rings. The molecular formula is C16H11BrN2. The Morgan fingerprint density at radius 2 is 1.89 bits per heavy atom. The van der Waals surface area contributed by atoms with Crippen molar-refractivity contribution in [3.8, 4) is 5.69 Å². The Morgan fingerprint density at radius 3 is 2.74 bits per heavy atom. The summed E-state index contributed by atoms with van der Waals surface area (Å²) in [6, 6.07) is 17.0. The highest BCUT2D eigenvalue weighted by atomic mass is 79.9. The van der Waals surface area contributed by atoms with E-state index in [1.54, 1.807) is 0 Å². The van der Waals surface area contributed by atoms with Gasteiger partial charge in [0.1, 0.15) is 0 Å². The summed E-state index contributed by atoms with van der Waals surface area (Å²) in [4.78, 5) is 4.47. The monoisotopic (exact) mass is 310 g/mol. The molecule has 0 amide bonds. The Kier molecular flexibility index (Phi) is 2.21. The van der Waals surface area contributed by atoms with Crippen LogP contribution in [0.2, 0.25) is 0 Å². The number of hydrogen-bond acceptors (Lipinski definition) is 1. The Bertz CT molecular complexity index is 843. The number of hydrogen-bond donors (Lipinski definition) is 0. The Labute approximate surface area is 119 Å². The van der Waals surface area contributed by atoms with Gasteiger partial charge in [-0.2, -0.15) is 0 Å². The highest BCUT2D eigenvalue weighted by molar-refractivity contribution is 9.10. The van der Waals surface area contributed by atoms with E-state index >= 15 is 0 Å². The van der Waals surface area contributed by atoms with Crippen LogP contribution in [0.3, 0.4) is 0 Å². The lowest BCUT2D eigenvalue weighted by Gasteiger charge is -2.04. The van der Waals surface area contributed by atoms with Gasteiger partial charge in [0, 0.05) is 22.5 Å². The lowest BCUT2D eigenvalue weighted by atomic mass is 10.1. The zero-order valence-corrected chi connectivity index (χ0v) is 12.0. The summed E-state index contributed by atoms with van der Waals surface area (Å²) in [5.74, 6) is 0. The van der Waals surface area contributed by atoms with Gasteiger partial charge in [-0.15, -0.1) is 0 Å². The average molecular weight is 311 g/mol. The van der Waals surface area contributed by atoms with Crippen molar-refractivity contribution in [2.45, 2.75) is 0 Å². The fourth-order valence-corrected chi connectivity index (χ4v) is 3.20. The number of para-hydroxylation sites is 1. The molecule has 4 rings (SSSR count). The van der Waals surface area contributed by atoms with Crippen LogP contribution >= 0.6 is 15.9 Å². The fraction of sp³-hybridized carbons (Fsp3) is 0.0625. The van der Waals surface area contributed by atoms with Crippen LogP contribution in [0, 0.1) is 0 Å². The van der Waals surface area contributed by atoms with Gasteiger partial charge in [-0.05, 0) is 24.3 Å². The number of benzene rings is 2. The van der Waals surface area contributed by atoms with Gasteiger partial charge >= 0.3 is 0 Å². The largest absolute Gasteiger partial charge is 0.307 e. The molecule has 1 aromatic heterocycles. The van der Waals surface area contributed by atoms with E-state index in [-0.39, 0.29) is 0 Å². The van der Waals surface area contributed by atoms with E-state index in [2.05, 4.69) is 74.0 Å². The van der Waals surface area contributed by atoms with E-state index in [0.717, 1.165) is 10.2 Å². The molecule has 92 valence electrons. The molecule has 3 aromatic rings. The van der Waals surface area contributed by atoms with Crippen LogP contribution in [-0.2, 0) is 0 Å². The van der Waals surface area contributed by atoms with Crippen molar-refractivity contribution < 1.29 is 0 Å². The molecule has 0 bridgehead atoms. The lowest BCUT2D eigenvalue weighted by Crippen LogP contribution is -1.97. The fourth-order valence-electron chi connectivity index (χ4n) is 2.85. The minimum absolute atomic E-state index is 1.07. The molecule has 2 nitrogen and oxygen atoms in total. The van der Waals surface area contributed by atoms with Crippen LogP contribution in [0.25, 0.3) is 16.6 Å². The number of aliphatic imine (C=N–C) groups is 1. The van der Waals surface area contributed by atoms with Gasteiger partial charge in [-0.1, -0.05) is 40.2 Å². The van der Waals surface area contributed by atoms with Gasteiger partial charge < -0.3 is 4.57 Å². The first kappa shape index (κ1) is 11.0. The maximum atomic E-state index is 4.47. The zero-order valence-electron chi connectivity index (χ0n) is 10.4. The van der Waals surface area contributed by atoms with Crippen LogP contribution in [0.15, 0.2) is 58.0 Å². The van der Waals surface area contributed by atoms with E-state index in [1.807, 2.05) is 7.05 Å². The minimum Gasteiger partial charge on any atom is -0.307 e. The molecule has 0 aliphatic carbocycles. The summed E-state index contributed by atoms with van der Waals surface area (Å²) in [7, 11) is 1.86. The van der Waals surface area contributed by atoms with Crippen LogP contribution in [0.1, 0.15) is 11.3 Å². The van der Waals surface area contributed by atoms with E-state index in [0.29, 0.717) is 0 Å². The third kappa shape index (κ3) is 1.39. The van der Waals surface area contributed by atoms with Crippen LogP contribution < -0.4 is 0 Å². The van der Waals surface area contributed by atoms with E-state index in [1.165, 1.54) is 27.8 Å². The third-order valence-electron chi connectivity index (χ3n) is 3.63. The molecule has 2 aromatic carbocycles. The predicted molar refractivity (Wildman–Crippen MR) is 82.5 cm³/mol. The second-order valence-corrected chi connectivity index (χ2v) is 5.57. The van der Waals surface area contributed by atoms with Gasteiger partial charge in [0.05, 0.1) is 22.6 Å². The van der Waals surface area contributed by atoms with Crippen molar-refractivity contribution in [1.82, 2.24) is 4.57 Å². The number of halogens is 1. The van der Waals surface area contributed by atoms with Crippen molar-refractivity contribution in [1.29, 1.82) is 0 Å². The summed E-state index contributed by atoms with van der Waals surface area (Å²) in [5, 5.41) is 1.24. The van der Waals surface area contributed by atoms with Gasteiger partial charge in [0.15, 0.2) is 0 Å². The molecule has 0 radical (unpaired) electrons. The average Bonchev–Trinajstić information content (AvgIpc) is 2.92. The molecule has 2 heterocycles. The van der Waals surface area contributed by atoms with E-state index in [4.69, 9.17) is 0 Å². The second kappa shape index (κ2) is 3.81. The van der Waals surface area contributed by atoms with Gasteiger partial charge in [0.25, 0.3) is 0 Å². The third-order valence-corrected chi connectivity index (χ3v) is 4.13. The van der Waals surface area contributed by atoms with E-state index in [9.17, 15) is 0 Å².